The molecule has 0 aliphatic rings. The third-order valence-corrected chi connectivity index (χ3v) is 4.14. The summed E-state index contributed by atoms with van der Waals surface area (Å²) in [4.78, 5) is 4.12. The van der Waals surface area contributed by atoms with Gasteiger partial charge in [-0.1, -0.05) is 29.8 Å². The van der Waals surface area contributed by atoms with Crippen LogP contribution in [0.5, 0.6) is 11.5 Å². The molecule has 0 atom stereocenters. The standard InChI is InChI=1S/C20H21ClN4O2/c1-3-26-19-10-15(11-23-25-12-14(2)24-20(25)22)8-9-18(19)27-13-16-6-4-5-7-17(16)21/h4-12H,3,13H2,1-2H3,(H2,22,24). The van der Waals surface area contributed by atoms with E-state index in [0.717, 1.165) is 16.8 Å². The predicted molar refractivity (Wildman–Crippen MR) is 108 cm³/mol. The van der Waals surface area contributed by atoms with Crippen molar-refractivity contribution in [3.05, 3.63) is 70.5 Å². The molecule has 6 nitrogen and oxygen atoms in total. The zero-order valence-electron chi connectivity index (χ0n) is 15.2. The van der Waals surface area contributed by atoms with Gasteiger partial charge in [0.25, 0.3) is 0 Å². The summed E-state index contributed by atoms with van der Waals surface area (Å²) in [6, 6.07) is 13.2. The average molecular weight is 385 g/mol. The van der Waals surface area contributed by atoms with Gasteiger partial charge in [0.15, 0.2) is 11.5 Å². The summed E-state index contributed by atoms with van der Waals surface area (Å²) in [6.07, 6.45) is 3.45. The number of aryl methyl sites for hydroxylation is 1. The molecule has 1 aromatic heterocycles. The molecular weight excluding hydrogens is 364 g/mol. The van der Waals surface area contributed by atoms with Crippen molar-refractivity contribution in [3.63, 3.8) is 0 Å². The van der Waals surface area contributed by atoms with E-state index in [9.17, 15) is 0 Å². The van der Waals surface area contributed by atoms with E-state index in [1.807, 2.05) is 56.3 Å². The Kier molecular flexibility index (Phi) is 5.98. The Morgan fingerprint density at radius 3 is 2.70 bits per heavy atom. The van der Waals surface area contributed by atoms with Crippen molar-refractivity contribution in [1.82, 2.24) is 9.66 Å². The zero-order chi connectivity index (χ0) is 19.2. The third-order valence-electron chi connectivity index (χ3n) is 3.77. The maximum Gasteiger partial charge on any atom is 0.221 e. The van der Waals surface area contributed by atoms with Crippen molar-refractivity contribution in [3.8, 4) is 11.5 Å². The largest absolute Gasteiger partial charge is 0.490 e. The smallest absolute Gasteiger partial charge is 0.221 e. The van der Waals surface area contributed by atoms with Crippen LogP contribution in [-0.2, 0) is 6.61 Å². The van der Waals surface area contributed by atoms with Gasteiger partial charge in [-0.25, -0.2) is 9.66 Å². The number of nitrogens with zero attached hydrogens (tertiary/aromatic N) is 3. The number of halogens is 1. The molecule has 0 bridgehead atoms. The number of aromatic nitrogens is 2. The number of anilines is 1. The van der Waals surface area contributed by atoms with E-state index >= 15 is 0 Å². The van der Waals surface area contributed by atoms with Crippen molar-refractivity contribution in [2.24, 2.45) is 5.10 Å². The summed E-state index contributed by atoms with van der Waals surface area (Å²) in [7, 11) is 0. The first-order valence-electron chi connectivity index (χ1n) is 8.55. The van der Waals surface area contributed by atoms with Gasteiger partial charge in [0.1, 0.15) is 6.61 Å². The summed E-state index contributed by atoms with van der Waals surface area (Å²) < 4.78 is 13.1. The Labute approximate surface area is 163 Å². The van der Waals surface area contributed by atoms with Crippen LogP contribution in [-0.4, -0.2) is 22.5 Å². The highest BCUT2D eigenvalue weighted by atomic mass is 35.5. The van der Waals surface area contributed by atoms with E-state index in [-0.39, 0.29) is 0 Å². The highest BCUT2D eigenvalue weighted by molar-refractivity contribution is 6.31. The molecule has 3 aromatic rings. The van der Waals surface area contributed by atoms with Crippen molar-refractivity contribution in [2.75, 3.05) is 12.3 Å². The molecule has 2 aromatic carbocycles. The van der Waals surface area contributed by atoms with Crippen molar-refractivity contribution in [2.45, 2.75) is 20.5 Å². The number of rotatable bonds is 7. The molecule has 7 heteroatoms. The number of hydrogen-bond donors (Lipinski definition) is 1. The number of nitrogens with two attached hydrogens (primary N) is 1. The molecule has 0 saturated carbocycles. The van der Waals surface area contributed by atoms with Gasteiger partial charge < -0.3 is 15.2 Å². The third kappa shape index (κ3) is 4.80. The van der Waals surface area contributed by atoms with Crippen LogP contribution in [0.3, 0.4) is 0 Å². The molecule has 1 heterocycles. The van der Waals surface area contributed by atoms with Gasteiger partial charge in [-0.3, -0.25) is 0 Å². The van der Waals surface area contributed by atoms with Gasteiger partial charge in [0.2, 0.25) is 5.95 Å². The topological polar surface area (TPSA) is 74.7 Å². The molecule has 0 amide bonds. The number of imidazole rings is 1. The maximum absolute atomic E-state index is 6.18. The van der Waals surface area contributed by atoms with Gasteiger partial charge in [-0.15, -0.1) is 0 Å². The fraction of sp³-hybridized carbons (Fsp3) is 0.200. The first kappa shape index (κ1) is 18.8. The highest BCUT2D eigenvalue weighted by Gasteiger charge is 2.08. The van der Waals surface area contributed by atoms with Crippen LogP contribution in [0.1, 0.15) is 23.7 Å². The first-order valence-corrected chi connectivity index (χ1v) is 8.93. The predicted octanol–water partition coefficient (Wildman–Crippen LogP) is 4.29. The Morgan fingerprint density at radius 1 is 1.19 bits per heavy atom. The molecular formula is C20H21ClN4O2. The van der Waals surface area contributed by atoms with E-state index in [2.05, 4.69) is 10.1 Å². The summed E-state index contributed by atoms with van der Waals surface area (Å²) in [5.74, 6) is 1.63. The summed E-state index contributed by atoms with van der Waals surface area (Å²) >= 11 is 6.18. The lowest BCUT2D eigenvalue weighted by Crippen LogP contribution is -2.01. The van der Waals surface area contributed by atoms with E-state index in [0.29, 0.717) is 35.7 Å². The van der Waals surface area contributed by atoms with Crippen LogP contribution in [0.15, 0.2) is 53.8 Å². The molecule has 0 spiro atoms. The molecule has 0 radical (unpaired) electrons. The zero-order valence-corrected chi connectivity index (χ0v) is 16.0. The molecule has 0 fully saturated rings. The molecule has 0 aliphatic carbocycles. The highest BCUT2D eigenvalue weighted by Crippen LogP contribution is 2.29. The van der Waals surface area contributed by atoms with Crippen LogP contribution in [0.4, 0.5) is 5.95 Å². The Morgan fingerprint density at radius 2 is 2.00 bits per heavy atom. The second-order valence-electron chi connectivity index (χ2n) is 5.85. The van der Waals surface area contributed by atoms with Gasteiger partial charge >= 0.3 is 0 Å². The molecule has 0 saturated heterocycles. The molecule has 2 N–H and O–H groups in total. The molecule has 3 rings (SSSR count). The van der Waals surface area contributed by atoms with Crippen molar-refractivity contribution >= 4 is 23.8 Å². The average Bonchev–Trinajstić information content (AvgIpc) is 2.98. The van der Waals surface area contributed by atoms with Crippen LogP contribution < -0.4 is 15.2 Å². The van der Waals surface area contributed by atoms with Crippen LogP contribution in [0, 0.1) is 6.92 Å². The number of ether oxygens (including phenoxy) is 2. The van der Waals surface area contributed by atoms with E-state index < -0.39 is 0 Å². The number of hydrogen-bond acceptors (Lipinski definition) is 5. The normalized spacial score (nSPS) is 11.1. The minimum Gasteiger partial charge on any atom is -0.490 e. The molecule has 0 aliphatic heterocycles. The summed E-state index contributed by atoms with van der Waals surface area (Å²) in [6.45, 7) is 4.67. The minimum atomic E-state index is 0.341. The fourth-order valence-corrected chi connectivity index (χ4v) is 2.68. The van der Waals surface area contributed by atoms with Crippen molar-refractivity contribution < 1.29 is 9.47 Å². The SMILES string of the molecule is CCOc1cc(C=Nn2cc(C)nc2N)ccc1OCc1ccccc1Cl. The second kappa shape index (κ2) is 8.60. The quantitative estimate of drug-likeness (QED) is 0.616. The summed E-state index contributed by atoms with van der Waals surface area (Å²) in [5.41, 5.74) is 8.38. The summed E-state index contributed by atoms with van der Waals surface area (Å²) in [5, 5.41) is 5.00. The number of nitrogen functional groups attached to an aromatic ring is 1. The van der Waals surface area contributed by atoms with Crippen LogP contribution in [0.2, 0.25) is 5.02 Å². The lowest BCUT2D eigenvalue weighted by molar-refractivity contribution is 0.269. The first-order chi connectivity index (χ1) is 13.1. The van der Waals surface area contributed by atoms with Gasteiger partial charge in [-0.05, 0) is 43.7 Å². The Hall–Kier alpha value is -2.99. The van der Waals surface area contributed by atoms with Gasteiger partial charge in [0, 0.05) is 10.6 Å². The lowest BCUT2D eigenvalue weighted by Gasteiger charge is -2.13. The van der Waals surface area contributed by atoms with E-state index in [1.54, 1.807) is 12.4 Å². The van der Waals surface area contributed by atoms with E-state index in [4.69, 9.17) is 26.8 Å². The Bertz CT molecular complexity index is 953. The van der Waals surface area contributed by atoms with Gasteiger partial charge in [-0.2, -0.15) is 5.10 Å². The van der Waals surface area contributed by atoms with Gasteiger partial charge in [0.05, 0.1) is 24.7 Å². The van der Waals surface area contributed by atoms with E-state index in [1.165, 1.54) is 4.68 Å². The molecule has 140 valence electrons. The minimum absolute atomic E-state index is 0.341. The lowest BCUT2D eigenvalue weighted by atomic mass is 10.2. The second-order valence-corrected chi connectivity index (χ2v) is 6.26. The monoisotopic (exact) mass is 384 g/mol. The van der Waals surface area contributed by atoms with Crippen LogP contribution >= 0.6 is 11.6 Å². The van der Waals surface area contributed by atoms with Crippen molar-refractivity contribution in [1.29, 1.82) is 0 Å². The molecule has 0 unspecified atom stereocenters. The number of benzene rings is 2. The fourth-order valence-electron chi connectivity index (χ4n) is 2.49. The molecule has 27 heavy (non-hydrogen) atoms. The maximum atomic E-state index is 6.18. The van der Waals surface area contributed by atoms with Crippen LogP contribution in [0.25, 0.3) is 0 Å². The Balaban J connectivity index is 1.78.